The van der Waals surface area contributed by atoms with Gasteiger partial charge in [-0.2, -0.15) is 0 Å². The Kier molecular flexibility index (Phi) is 4.73. The number of anilines is 1. The van der Waals surface area contributed by atoms with Gasteiger partial charge in [0, 0.05) is 43.3 Å². The van der Waals surface area contributed by atoms with Crippen LogP contribution in [0.3, 0.4) is 0 Å². The molecule has 0 unspecified atom stereocenters. The predicted octanol–water partition coefficient (Wildman–Crippen LogP) is 4.68. The summed E-state index contributed by atoms with van der Waals surface area (Å²) in [6.07, 6.45) is 1.95. The van der Waals surface area contributed by atoms with Gasteiger partial charge in [-0.15, -0.1) is 11.3 Å². The Morgan fingerprint density at radius 3 is 2.45 bits per heavy atom. The molecule has 0 aliphatic carbocycles. The first-order valence-electron chi connectivity index (χ1n) is 9.51. The molecule has 4 aromatic rings. The third-order valence-corrected chi connectivity index (χ3v) is 6.42. The highest BCUT2D eigenvalue weighted by molar-refractivity contribution is 7.15. The summed E-state index contributed by atoms with van der Waals surface area (Å²) in [6.45, 7) is 2.87. The molecule has 1 amide bonds. The van der Waals surface area contributed by atoms with Gasteiger partial charge in [0.1, 0.15) is 5.69 Å². The zero-order valence-corrected chi connectivity index (χ0v) is 17.2. The summed E-state index contributed by atoms with van der Waals surface area (Å²) in [4.78, 5) is 22.8. The van der Waals surface area contributed by atoms with Gasteiger partial charge in [0.05, 0.1) is 16.4 Å². The van der Waals surface area contributed by atoms with Crippen molar-refractivity contribution in [3.63, 3.8) is 0 Å². The minimum absolute atomic E-state index is 0.0482. The highest BCUT2D eigenvalue weighted by atomic mass is 35.5. The smallest absolute Gasteiger partial charge is 0.271 e. The van der Waals surface area contributed by atoms with Crippen LogP contribution in [0.1, 0.15) is 10.5 Å². The van der Waals surface area contributed by atoms with Gasteiger partial charge in [-0.25, -0.2) is 4.98 Å². The first-order valence-corrected chi connectivity index (χ1v) is 10.8. The number of hydrogen-bond acceptors (Lipinski definition) is 4. The zero-order chi connectivity index (χ0) is 19.8. The van der Waals surface area contributed by atoms with Crippen molar-refractivity contribution in [1.82, 2.24) is 14.3 Å². The van der Waals surface area contributed by atoms with Gasteiger partial charge in [-0.1, -0.05) is 54.1 Å². The lowest BCUT2D eigenvalue weighted by molar-refractivity contribution is 0.0740. The van der Waals surface area contributed by atoms with Crippen molar-refractivity contribution in [1.29, 1.82) is 0 Å². The molecule has 0 atom stereocenters. The maximum absolute atomic E-state index is 13.2. The van der Waals surface area contributed by atoms with Crippen LogP contribution in [0.25, 0.3) is 16.2 Å². The molecule has 0 bridgehead atoms. The lowest BCUT2D eigenvalue weighted by Gasteiger charge is -2.36. The molecule has 0 N–H and O–H groups in total. The largest absolute Gasteiger partial charge is 0.367 e. The second-order valence-corrected chi connectivity index (χ2v) is 8.24. The molecule has 0 saturated carbocycles. The van der Waals surface area contributed by atoms with E-state index in [1.807, 2.05) is 75.5 Å². The Labute approximate surface area is 177 Å². The van der Waals surface area contributed by atoms with E-state index in [9.17, 15) is 4.79 Å². The Bertz CT molecular complexity index is 1160. The second kappa shape index (κ2) is 7.54. The molecule has 0 spiro atoms. The quantitative estimate of drug-likeness (QED) is 0.481. The fourth-order valence-corrected chi connectivity index (χ4v) is 4.81. The molecule has 3 heterocycles. The molecule has 1 aliphatic heterocycles. The van der Waals surface area contributed by atoms with Crippen molar-refractivity contribution in [2.24, 2.45) is 0 Å². The van der Waals surface area contributed by atoms with Crippen LogP contribution < -0.4 is 4.90 Å². The molecular formula is C22H19ClN4OS. The predicted molar refractivity (Wildman–Crippen MR) is 118 cm³/mol. The second-order valence-electron chi connectivity index (χ2n) is 7.00. The molecule has 1 saturated heterocycles. The number of imidazole rings is 1. The van der Waals surface area contributed by atoms with E-state index in [0.717, 1.165) is 40.0 Å². The van der Waals surface area contributed by atoms with Crippen molar-refractivity contribution in [3.05, 3.63) is 76.9 Å². The molecule has 1 fully saturated rings. The lowest BCUT2D eigenvalue weighted by atomic mass is 10.2. The first kappa shape index (κ1) is 18.2. The highest BCUT2D eigenvalue weighted by Crippen LogP contribution is 2.27. The number of rotatable bonds is 3. The molecule has 5 rings (SSSR count). The molecule has 1 aliphatic rings. The van der Waals surface area contributed by atoms with E-state index in [-0.39, 0.29) is 5.91 Å². The van der Waals surface area contributed by atoms with Crippen molar-refractivity contribution in [2.75, 3.05) is 31.1 Å². The summed E-state index contributed by atoms with van der Waals surface area (Å²) in [5.74, 6) is 0.0482. The fraction of sp³-hybridized carbons (Fsp3) is 0.182. The van der Waals surface area contributed by atoms with Gasteiger partial charge in [-0.3, -0.25) is 9.20 Å². The van der Waals surface area contributed by atoms with Crippen molar-refractivity contribution in [3.8, 4) is 11.3 Å². The number of fused-ring (bicyclic) bond motifs is 1. The number of hydrogen-bond donors (Lipinski definition) is 0. The maximum atomic E-state index is 13.2. The van der Waals surface area contributed by atoms with Crippen LogP contribution in [0.15, 0.2) is 66.2 Å². The zero-order valence-electron chi connectivity index (χ0n) is 15.7. The minimum atomic E-state index is 0.0482. The minimum Gasteiger partial charge on any atom is -0.367 e. The van der Waals surface area contributed by atoms with Crippen LogP contribution in [0.5, 0.6) is 0 Å². The summed E-state index contributed by atoms with van der Waals surface area (Å²) in [5, 5.41) is 2.65. The fourth-order valence-electron chi connectivity index (χ4n) is 3.71. The normalized spacial score (nSPS) is 14.5. The Hall–Kier alpha value is -2.83. The van der Waals surface area contributed by atoms with Crippen LogP contribution in [0.2, 0.25) is 5.02 Å². The molecular weight excluding hydrogens is 404 g/mol. The number of nitrogens with zero attached hydrogens (tertiary/aromatic N) is 4. The number of para-hydroxylation sites is 1. The van der Waals surface area contributed by atoms with E-state index in [0.29, 0.717) is 18.8 Å². The summed E-state index contributed by atoms with van der Waals surface area (Å²) in [5.41, 5.74) is 3.64. The average Bonchev–Trinajstić information content (AvgIpc) is 3.35. The highest BCUT2D eigenvalue weighted by Gasteiger charge is 2.25. The number of halogens is 1. The van der Waals surface area contributed by atoms with Crippen LogP contribution in [-0.2, 0) is 0 Å². The van der Waals surface area contributed by atoms with E-state index in [2.05, 4.69) is 9.88 Å². The van der Waals surface area contributed by atoms with Gasteiger partial charge in [-0.05, 0) is 12.1 Å². The Morgan fingerprint density at radius 1 is 0.966 bits per heavy atom. The summed E-state index contributed by atoms with van der Waals surface area (Å²) in [6, 6.07) is 17.9. The lowest BCUT2D eigenvalue weighted by Crippen LogP contribution is -2.49. The SMILES string of the molecule is O=C(c1csc2nc(-c3ccccc3)cn12)N1CCN(c2ccccc2Cl)CC1. The number of amides is 1. The Balaban J connectivity index is 1.34. The topological polar surface area (TPSA) is 40.9 Å². The third-order valence-electron chi connectivity index (χ3n) is 5.26. The van der Waals surface area contributed by atoms with Crippen LogP contribution in [0.4, 0.5) is 5.69 Å². The first-order chi connectivity index (χ1) is 14.2. The molecule has 5 nitrogen and oxygen atoms in total. The molecule has 7 heteroatoms. The van der Waals surface area contributed by atoms with E-state index < -0.39 is 0 Å². The Morgan fingerprint density at radius 2 is 1.69 bits per heavy atom. The number of piperazine rings is 1. The van der Waals surface area contributed by atoms with E-state index in [1.54, 1.807) is 0 Å². The number of benzene rings is 2. The standard InChI is InChI=1S/C22H19ClN4OS/c23-17-8-4-5-9-19(17)25-10-12-26(13-11-25)21(28)20-15-29-22-24-18(14-27(20)22)16-6-2-1-3-7-16/h1-9,14-15H,10-13H2. The van der Waals surface area contributed by atoms with Gasteiger partial charge >= 0.3 is 0 Å². The maximum Gasteiger partial charge on any atom is 0.271 e. The van der Waals surface area contributed by atoms with Crippen molar-refractivity contribution >= 4 is 39.5 Å². The van der Waals surface area contributed by atoms with Crippen LogP contribution >= 0.6 is 22.9 Å². The monoisotopic (exact) mass is 422 g/mol. The average molecular weight is 423 g/mol. The molecule has 29 heavy (non-hydrogen) atoms. The number of aromatic nitrogens is 2. The molecule has 0 radical (unpaired) electrons. The van der Waals surface area contributed by atoms with E-state index >= 15 is 0 Å². The van der Waals surface area contributed by atoms with Crippen LogP contribution in [-0.4, -0.2) is 46.4 Å². The van der Waals surface area contributed by atoms with Crippen molar-refractivity contribution < 1.29 is 4.79 Å². The molecule has 2 aromatic carbocycles. The summed E-state index contributed by atoms with van der Waals surface area (Å²) in [7, 11) is 0. The molecule has 2 aromatic heterocycles. The van der Waals surface area contributed by atoms with Crippen LogP contribution in [0, 0.1) is 0 Å². The number of thiazole rings is 1. The van der Waals surface area contributed by atoms with E-state index in [1.165, 1.54) is 11.3 Å². The third kappa shape index (κ3) is 3.39. The van der Waals surface area contributed by atoms with Gasteiger partial charge in [0.25, 0.3) is 5.91 Å². The van der Waals surface area contributed by atoms with E-state index in [4.69, 9.17) is 11.6 Å². The van der Waals surface area contributed by atoms with Gasteiger partial charge in [0.2, 0.25) is 0 Å². The van der Waals surface area contributed by atoms with Gasteiger partial charge in [0.15, 0.2) is 4.96 Å². The van der Waals surface area contributed by atoms with Gasteiger partial charge < -0.3 is 9.80 Å². The number of carbonyl (C=O) groups excluding carboxylic acids is 1. The molecule has 146 valence electrons. The van der Waals surface area contributed by atoms with Crippen molar-refractivity contribution in [2.45, 2.75) is 0 Å². The summed E-state index contributed by atoms with van der Waals surface area (Å²) < 4.78 is 1.91. The number of carbonyl (C=O) groups is 1. The summed E-state index contributed by atoms with van der Waals surface area (Å²) >= 11 is 7.82.